The Morgan fingerprint density at radius 1 is 1.03 bits per heavy atom. The number of ketones is 2. The lowest BCUT2D eigenvalue weighted by atomic mass is 9.95. The second-order valence-corrected chi connectivity index (χ2v) is 7.92. The fourth-order valence-electron chi connectivity index (χ4n) is 3.25. The van der Waals surface area contributed by atoms with Crippen molar-refractivity contribution < 1.29 is 24.2 Å². The van der Waals surface area contributed by atoms with Gasteiger partial charge in [0.1, 0.15) is 12.5 Å². The Balaban J connectivity index is 0.000000458. The highest BCUT2D eigenvalue weighted by Crippen LogP contribution is 2.19. The molecule has 0 saturated carbocycles. The molecule has 0 atom stereocenters. The summed E-state index contributed by atoms with van der Waals surface area (Å²) in [6, 6.07) is 14.4. The molecule has 33 heavy (non-hydrogen) atoms. The minimum Gasteiger partial charge on any atom is -0.507 e. The molecule has 0 aromatic heterocycles. The van der Waals surface area contributed by atoms with Crippen molar-refractivity contribution in [3.63, 3.8) is 0 Å². The summed E-state index contributed by atoms with van der Waals surface area (Å²) in [5, 5.41) is 9.26. The van der Waals surface area contributed by atoms with Crippen LogP contribution >= 0.6 is 0 Å². The fourth-order valence-corrected chi connectivity index (χ4v) is 3.25. The highest BCUT2D eigenvalue weighted by Gasteiger charge is 2.13. The van der Waals surface area contributed by atoms with Crippen molar-refractivity contribution in [2.24, 2.45) is 5.92 Å². The molecule has 1 heterocycles. The lowest BCUT2D eigenvalue weighted by Crippen LogP contribution is -2.29. The van der Waals surface area contributed by atoms with Gasteiger partial charge in [-0.25, -0.2) is 0 Å². The van der Waals surface area contributed by atoms with Gasteiger partial charge in [0.2, 0.25) is 0 Å². The molecule has 0 aliphatic carbocycles. The Morgan fingerprint density at radius 3 is 2.06 bits per heavy atom. The Labute approximate surface area is 198 Å². The van der Waals surface area contributed by atoms with Crippen LogP contribution in [0.5, 0.6) is 5.75 Å². The molecule has 2 aromatic carbocycles. The van der Waals surface area contributed by atoms with Crippen molar-refractivity contribution in [1.82, 2.24) is 4.90 Å². The number of hydrogen-bond acceptors (Lipinski definition) is 6. The molecule has 1 saturated heterocycles. The summed E-state index contributed by atoms with van der Waals surface area (Å²) in [7, 11) is 3.92. The zero-order chi connectivity index (χ0) is 25.2. The predicted octanol–water partition coefficient (Wildman–Crippen LogP) is 5.18. The number of aromatic hydroxyl groups is 1. The number of nitrogens with zero attached hydrogens (tertiary/aromatic N) is 1. The predicted molar refractivity (Wildman–Crippen MR) is 133 cm³/mol. The molecule has 0 spiro atoms. The molecule has 1 fully saturated rings. The van der Waals surface area contributed by atoms with Crippen LogP contribution in [0.1, 0.15) is 66.3 Å². The maximum Gasteiger partial charge on any atom is 0.163 e. The molecular weight excluding hydrogens is 418 g/mol. The smallest absolute Gasteiger partial charge is 0.163 e. The van der Waals surface area contributed by atoms with Gasteiger partial charge in [-0.3, -0.25) is 9.59 Å². The lowest BCUT2D eigenvalue weighted by molar-refractivity contribution is -0.0980. The molecular formula is C27H39NO5. The molecule has 6 nitrogen and oxygen atoms in total. The molecule has 3 rings (SSSR count). The highest BCUT2D eigenvalue weighted by molar-refractivity contribution is 6.01. The van der Waals surface area contributed by atoms with Gasteiger partial charge >= 0.3 is 0 Å². The largest absolute Gasteiger partial charge is 0.507 e. The Hall–Kier alpha value is -2.83. The molecule has 6 heteroatoms. The molecule has 0 radical (unpaired) electrons. The van der Waals surface area contributed by atoms with Crippen LogP contribution < -0.4 is 0 Å². The maximum absolute atomic E-state index is 11.0. The van der Waals surface area contributed by atoms with Crippen molar-refractivity contribution in [1.29, 1.82) is 0 Å². The normalized spacial score (nSPS) is 13.2. The van der Waals surface area contributed by atoms with Crippen LogP contribution in [-0.4, -0.2) is 55.6 Å². The Morgan fingerprint density at radius 2 is 1.61 bits per heavy atom. The van der Waals surface area contributed by atoms with E-state index >= 15 is 0 Å². The second kappa shape index (κ2) is 17.7. The topological polar surface area (TPSA) is 83.9 Å². The van der Waals surface area contributed by atoms with Crippen molar-refractivity contribution in [2.45, 2.75) is 46.6 Å². The third kappa shape index (κ3) is 12.7. The van der Waals surface area contributed by atoms with Crippen molar-refractivity contribution >= 4 is 18.4 Å². The summed E-state index contributed by atoms with van der Waals surface area (Å²) in [5.74, 6) is 0.571. The number of piperidine rings is 1. The first-order chi connectivity index (χ1) is 15.8. The first-order valence-electron chi connectivity index (χ1n) is 11.1. The second-order valence-electron chi connectivity index (χ2n) is 7.92. The molecule has 1 aliphatic rings. The number of Topliss-reactive ketones (excluding diaryl/α,β-unsaturated/α-hetero) is 2. The number of benzene rings is 2. The molecule has 0 bridgehead atoms. The SMILES string of the molecule is C=O.CC(=O)c1ccc(O)c(C(C)=O)c1.CCC1CCN(C)CC1.COCc1ccccc1. The molecule has 1 N–H and O–H groups in total. The zero-order valence-corrected chi connectivity index (χ0v) is 20.7. The van der Waals surface area contributed by atoms with Gasteiger partial charge in [-0.05, 0) is 76.5 Å². The summed E-state index contributed by atoms with van der Waals surface area (Å²) in [6.07, 6.45) is 4.23. The monoisotopic (exact) mass is 457 g/mol. The summed E-state index contributed by atoms with van der Waals surface area (Å²) in [6.45, 7) is 10.4. The van der Waals surface area contributed by atoms with E-state index in [9.17, 15) is 14.7 Å². The average molecular weight is 458 g/mol. The van der Waals surface area contributed by atoms with E-state index in [4.69, 9.17) is 9.53 Å². The van der Waals surface area contributed by atoms with Crippen molar-refractivity contribution in [2.75, 3.05) is 27.2 Å². The van der Waals surface area contributed by atoms with Gasteiger partial charge in [0.15, 0.2) is 11.6 Å². The summed E-state index contributed by atoms with van der Waals surface area (Å²) >= 11 is 0. The van der Waals surface area contributed by atoms with Crippen LogP contribution in [0.3, 0.4) is 0 Å². The van der Waals surface area contributed by atoms with Gasteiger partial charge in [0, 0.05) is 12.7 Å². The van der Waals surface area contributed by atoms with Gasteiger partial charge in [0.25, 0.3) is 0 Å². The van der Waals surface area contributed by atoms with Gasteiger partial charge in [-0.1, -0.05) is 43.7 Å². The number of methoxy groups -OCH3 is 1. The molecule has 0 amide bonds. The molecule has 0 unspecified atom stereocenters. The lowest BCUT2D eigenvalue weighted by Gasteiger charge is -2.27. The fraction of sp³-hybridized carbons (Fsp3) is 0.444. The van der Waals surface area contributed by atoms with Crippen LogP contribution in [0, 0.1) is 5.92 Å². The standard InChI is InChI=1S/C10H10O3.C8H17N.C8H10O.CH2O/c1-6(11)8-3-4-10(13)9(5-8)7(2)12;1-3-8-4-6-9(2)7-5-8;1-9-7-8-5-3-2-4-6-8;1-2/h3-5,13H,1-2H3;8H,3-7H2,1-2H3;2-6H,7H2,1H3;1H2. The first-order valence-corrected chi connectivity index (χ1v) is 11.1. The number of carbonyl (C=O) groups excluding carboxylic acids is 3. The van der Waals surface area contributed by atoms with E-state index in [0.717, 1.165) is 5.92 Å². The van der Waals surface area contributed by atoms with Crippen LogP contribution in [0.15, 0.2) is 48.5 Å². The van der Waals surface area contributed by atoms with E-state index < -0.39 is 0 Å². The van der Waals surface area contributed by atoms with Gasteiger partial charge in [-0.2, -0.15) is 0 Å². The molecule has 1 aliphatic heterocycles. The van der Waals surface area contributed by atoms with Crippen molar-refractivity contribution in [3.8, 4) is 5.75 Å². The number of phenolic OH excluding ortho intramolecular Hbond substituents is 1. The number of rotatable bonds is 5. The van der Waals surface area contributed by atoms with E-state index in [2.05, 4.69) is 18.9 Å². The molecule has 2 aromatic rings. The van der Waals surface area contributed by atoms with Gasteiger partial charge in [-0.15, -0.1) is 0 Å². The summed E-state index contributed by atoms with van der Waals surface area (Å²) in [4.78, 5) is 32.3. The third-order valence-electron chi connectivity index (χ3n) is 5.35. The average Bonchev–Trinajstić information content (AvgIpc) is 2.82. The first kappa shape index (κ1) is 30.2. The minimum absolute atomic E-state index is 0.0856. The number of ether oxygens (including phenoxy) is 1. The van der Waals surface area contributed by atoms with E-state index in [-0.39, 0.29) is 22.9 Å². The van der Waals surface area contributed by atoms with Crippen LogP contribution in [-0.2, 0) is 16.1 Å². The van der Waals surface area contributed by atoms with Crippen LogP contribution in [0.25, 0.3) is 0 Å². The van der Waals surface area contributed by atoms with Crippen molar-refractivity contribution in [3.05, 3.63) is 65.2 Å². The quantitative estimate of drug-likeness (QED) is 0.623. The van der Waals surface area contributed by atoms with E-state index in [1.807, 2.05) is 37.1 Å². The van der Waals surface area contributed by atoms with E-state index in [1.54, 1.807) is 7.11 Å². The Kier molecular flexibility index (Phi) is 16.2. The zero-order valence-electron chi connectivity index (χ0n) is 20.7. The number of carbonyl (C=O) groups is 3. The van der Waals surface area contributed by atoms with Crippen LogP contribution in [0.2, 0.25) is 0 Å². The number of hydrogen-bond donors (Lipinski definition) is 1. The number of likely N-dealkylation sites (tertiary alicyclic amines) is 1. The Bertz CT molecular complexity index is 815. The maximum atomic E-state index is 11.0. The van der Waals surface area contributed by atoms with Gasteiger partial charge < -0.3 is 19.5 Å². The summed E-state index contributed by atoms with van der Waals surface area (Å²) < 4.78 is 4.93. The van der Waals surface area contributed by atoms with Crippen LogP contribution in [0.4, 0.5) is 0 Å². The highest BCUT2D eigenvalue weighted by atomic mass is 16.5. The molecule has 182 valence electrons. The number of phenols is 1. The summed E-state index contributed by atoms with van der Waals surface area (Å²) in [5.41, 5.74) is 1.84. The minimum atomic E-state index is -0.249. The van der Waals surface area contributed by atoms with E-state index in [1.165, 1.54) is 70.0 Å². The van der Waals surface area contributed by atoms with Gasteiger partial charge in [0.05, 0.1) is 12.2 Å². The third-order valence-corrected chi connectivity index (χ3v) is 5.35. The van der Waals surface area contributed by atoms with E-state index in [0.29, 0.717) is 12.2 Å².